The molecule has 3 saturated heterocycles. The summed E-state index contributed by atoms with van der Waals surface area (Å²) in [6.45, 7) is 43.9. The first-order valence-corrected chi connectivity index (χ1v) is 50.3. The number of rotatable bonds is 39. The number of phosphoric acid groups is 1. The van der Waals surface area contributed by atoms with Gasteiger partial charge in [0, 0.05) is 90.7 Å². The van der Waals surface area contributed by atoms with Crippen molar-refractivity contribution in [3.63, 3.8) is 0 Å². The van der Waals surface area contributed by atoms with Crippen molar-refractivity contribution in [2.24, 2.45) is 32.5 Å². The van der Waals surface area contributed by atoms with Gasteiger partial charge in [-0.05, 0) is 183 Å². The van der Waals surface area contributed by atoms with Gasteiger partial charge >= 0.3 is 7.82 Å². The van der Waals surface area contributed by atoms with Crippen LogP contribution in [0.4, 0.5) is 77.9 Å². The van der Waals surface area contributed by atoms with E-state index in [0.717, 1.165) is 57.1 Å². The number of anilines is 9. The number of fused-ring (bicyclic) bond motifs is 3. The Morgan fingerprint density at radius 3 is 0.895 bits per heavy atom. The van der Waals surface area contributed by atoms with E-state index in [-0.39, 0.29) is 54.8 Å². The maximum absolute atomic E-state index is 19.2. The summed E-state index contributed by atoms with van der Waals surface area (Å²) in [6, 6.07) is 26.5. The Morgan fingerprint density at radius 2 is 0.636 bits per heavy atom. The molecule has 3 atom stereocenters. The molecule has 0 spiro atoms. The summed E-state index contributed by atoms with van der Waals surface area (Å²) >= 11 is 0. The van der Waals surface area contributed by atoms with Crippen LogP contribution in [0.25, 0.3) is 32.7 Å². The summed E-state index contributed by atoms with van der Waals surface area (Å²) in [5.74, 6) is -5.29. The van der Waals surface area contributed by atoms with Crippen LogP contribution in [-0.2, 0) is 52.2 Å². The molecule has 31 nitrogen and oxygen atoms in total. The number of nitrogens with zero attached hydrogens (tertiary/aromatic N) is 15. The van der Waals surface area contributed by atoms with Crippen molar-refractivity contribution in [1.82, 2.24) is 73.9 Å². The lowest BCUT2D eigenvalue weighted by Crippen LogP contribution is -2.69. The van der Waals surface area contributed by atoms with E-state index in [0.29, 0.717) is 162 Å². The smallest absolute Gasteiger partial charge is 0.476 e. The number of hydrogen-bond acceptors (Lipinski definition) is 25. The van der Waals surface area contributed by atoms with Gasteiger partial charge in [-0.15, -0.1) is 0 Å². The molecule has 38 heteroatoms. The number of amides is 3. The van der Waals surface area contributed by atoms with Gasteiger partial charge < -0.3 is 46.1 Å². The predicted molar refractivity (Wildman–Crippen MR) is 540 cm³/mol. The van der Waals surface area contributed by atoms with Crippen LogP contribution in [0.5, 0.6) is 17.2 Å². The molecule has 0 unspecified atom stereocenters. The quantitative estimate of drug-likeness (QED) is 0.0118. The molecular weight excluding hydrogens is 1860 g/mol. The minimum absolute atomic E-state index is 0.272. The number of carbonyl (C=O) groups is 3. The lowest BCUT2D eigenvalue weighted by molar-refractivity contribution is -0.234. The topological polar surface area (TPSA) is 336 Å². The molecule has 0 aliphatic carbocycles. The molecule has 6 aromatic heterocycles. The molecule has 6 aromatic carbocycles. The first kappa shape index (κ1) is 105. The molecule has 0 radical (unpaired) electrons. The maximum atomic E-state index is 19.2. The van der Waals surface area contributed by atoms with Gasteiger partial charge in [-0.3, -0.25) is 56.7 Å². The van der Waals surface area contributed by atoms with Gasteiger partial charge in [-0.2, -0.15) is 15.3 Å². The number of hydrogen-bond donors (Lipinski definition) is 6. The van der Waals surface area contributed by atoms with Gasteiger partial charge in [0.25, 0.3) is 0 Å². The summed E-state index contributed by atoms with van der Waals surface area (Å²) in [4.78, 5) is 73.7. The second-order valence-corrected chi connectivity index (χ2v) is 44.9. The van der Waals surface area contributed by atoms with E-state index < -0.39 is 110 Å². The molecule has 0 saturated carbocycles. The van der Waals surface area contributed by atoms with Crippen molar-refractivity contribution in [2.75, 3.05) is 91.0 Å². The van der Waals surface area contributed by atoms with Crippen LogP contribution in [-0.4, -0.2) is 186 Å². The highest BCUT2D eigenvalue weighted by atomic mass is 31.2. The fraction of sp³-hybridized carbons (Fsp3) is 0.486. The van der Waals surface area contributed by atoms with Crippen LogP contribution in [0.1, 0.15) is 182 Å². The number of halogens is 6. The summed E-state index contributed by atoms with van der Waals surface area (Å²) < 4.78 is 154. The number of aromatic nitrogens is 12. The lowest BCUT2D eigenvalue weighted by Gasteiger charge is -2.63. The van der Waals surface area contributed by atoms with Gasteiger partial charge in [-0.25, -0.2) is 60.8 Å². The molecular formula is C105H132F6N21O10P. The van der Waals surface area contributed by atoms with Gasteiger partial charge in [0.15, 0.2) is 34.9 Å². The third kappa shape index (κ3) is 23.1. The molecule has 6 N–H and O–H groups in total. The molecule has 143 heavy (non-hydrogen) atoms. The monoisotopic (exact) mass is 1990 g/mol. The van der Waals surface area contributed by atoms with Gasteiger partial charge in [0.1, 0.15) is 90.1 Å². The van der Waals surface area contributed by atoms with Crippen molar-refractivity contribution < 1.29 is 73.1 Å². The van der Waals surface area contributed by atoms with Crippen LogP contribution in [0.3, 0.4) is 0 Å². The van der Waals surface area contributed by atoms with Gasteiger partial charge in [-0.1, -0.05) is 143 Å². The number of nitrogens with one attached hydrogen (secondary N) is 6. The van der Waals surface area contributed by atoms with E-state index in [2.05, 4.69) is 216 Å². The zero-order valence-corrected chi connectivity index (χ0v) is 85.6. The largest absolute Gasteiger partial charge is 0.493 e. The molecule has 3 aliphatic heterocycles. The molecule has 0 bridgehead atoms. The Bertz CT molecular complexity index is 5940. The van der Waals surface area contributed by atoms with Crippen molar-refractivity contribution in [3.8, 4) is 17.2 Å². The summed E-state index contributed by atoms with van der Waals surface area (Å²) in [5, 5.41) is 32.0. The number of ether oxygens (including phenoxy) is 3. The average Bonchev–Trinajstić information content (AvgIpc) is 1.68. The van der Waals surface area contributed by atoms with E-state index in [1.54, 1.807) is 18.6 Å². The molecule has 15 rings (SSSR count). The van der Waals surface area contributed by atoms with Crippen LogP contribution < -0.4 is 46.1 Å². The minimum atomic E-state index is -5.12. The molecule has 12 aromatic rings. The molecule has 9 heterocycles. The summed E-state index contributed by atoms with van der Waals surface area (Å²) in [5.41, 5.74) is -5.93. The Labute approximate surface area is 830 Å². The van der Waals surface area contributed by atoms with E-state index in [1.165, 1.54) is 88.0 Å². The molecule has 3 amide bonds. The van der Waals surface area contributed by atoms with Crippen LogP contribution >= 0.6 is 7.82 Å². The molecule has 764 valence electrons. The Morgan fingerprint density at radius 1 is 0.371 bits per heavy atom. The highest BCUT2D eigenvalue weighted by Gasteiger charge is 2.71. The van der Waals surface area contributed by atoms with Crippen LogP contribution in [0.2, 0.25) is 0 Å². The van der Waals surface area contributed by atoms with E-state index in [9.17, 15) is 40.7 Å². The normalized spacial score (nSPS) is 16.4. The van der Waals surface area contributed by atoms with Gasteiger partial charge in [0.05, 0.1) is 89.1 Å². The number of likely N-dealkylation sites (tertiary alicyclic amines) is 3. The lowest BCUT2D eigenvalue weighted by atomic mass is 9.58. The maximum Gasteiger partial charge on any atom is 0.476 e. The van der Waals surface area contributed by atoms with Crippen molar-refractivity contribution in [3.05, 3.63) is 200 Å². The highest BCUT2D eigenvalue weighted by Crippen LogP contribution is 2.73. The number of phosphoric ester groups is 1. The summed E-state index contributed by atoms with van der Waals surface area (Å²) in [6.07, 6.45) is 20.2. The molecule has 3 aliphatic rings. The third-order valence-corrected chi connectivity index (χ3v) is 29.2. The van der Waals surface area contributed by atoms with Gasteiger partial charge in [0.2, 0.25) is 17.7 Å². The fourth-order valence-corrected chi connectivity index (χ4v) is 25.6. The average molecular weight is 1990 g/mol. The Balaban J connectivity index is 0.686. The number of carbonyl (C=O) groups excluding carboxylic acids is 3. The van der Waals surface area contributed by atoms with E-state index in [1.807, 2.05) is 54.6 Å². The van der Waals surface area contributed by atoms with Crippen molar-refractivity contribution >= 4 is 110 Å². The van der Waals surface area contributed by atoms with E-state index >= 15 is 4.57 Å². The number of benzene rings is 6. The fourth-order valence-electron chi connectivity index (χ4n) is 22.4. The Hall–Kier alpha value is -12.3. The van der Waals surface area contributed by atoms with Crippen molar-refractivity contribution in [2.45, 2.75) is 237 Å². The summed E-state index contributed by atoms with van der Waals surface area (Å²) in [7, 11) is -5.12. The zero-order chi connectivity index (χ0) is 103. The third-order valence-electron chi connectivity index (χ3n) is 27.6. The van der Waals surface area contributed by atoms with Crippen LogP contribution in [0.15, 0.2) is 165 Å². The highest BCUT2D eigenvalue weighted by molar-refractivity contribution is 7.48. The first-order valence-electron chi connectivity index (χ1n) is 48.8. The standard InChI is InChI=1S/C105H132F6N21O10P/c1-97(2,3)103(98(4,5)6,85-34-22-43-127(85)46-25-49-137-70-37-40-73-82(52-70)112-64-115-94(73)121-67-55-118-130(58-67)61-88(133)124-79-31-19-28-76(106)91(79)109)140-143(136,141-104(99(7,8)9,100(10,11)12)86-35-23-44-128(86)47-26-50-138-71-38-41-74-83(53-71)113-65-116-95(74)122-68-56-119-131(59-68)62-89(134)125-80-32-20-29-77(107)92(80)110)142-105(101(13,14)15,102(16,17)18)87-36-24-45-129(87)48-27-51-139-72-39-42-75-84(54-72)114-66-117-96(75)123-69-57-120-132(60-69)63-90(135)126-81-33-21-30-78(108)93(81)111/h19-21,28-33,37-42,52-60,64-66,85-87H,22-27,34-36,43-51,61-63H2,1-18H3,(H,124,133)(H,125,134)(H,126,135)(H,112,115,121)(H,113,116,122)(H,114,117,123)/t85-,86-,87-/m1/s1. The Kier molecular flexibility index (Phi) is 31.3. The predicted octanol–water partition coefficient (Wildman–Crippen LogP) is 21.8. The van der Waals surface area contributed by atoms with E-state index in [4.69, 9.17) is 27.8 Å². The molecule has 3 fully saturated rings. The SMILES string of the molecule is CC(C)(C)C(OP(=O)(OC([C@H]1CCCN1CCCOc1ccc2c(Nc3cnn(CC(=O)Nc4cccc(F)c4F)c3)ncnc2c1)(C(C)(C)C)C(C)(C)C)OC([C@H]1CCCN1CCCOc1ccc2c(Nc3cnn(CC(=O)Nc4cccc(F)c4F)c3)ncnc2c1)(C(C)(C)C)C(C)(C)C)([C@H]1CCCN1CCCOc1ccc2c(Nc3cnn(CC(=O)Nc4cccc(F)c4F)c3)ncnc2c1)C(C)(C)C. The first-order chi connectivity index (χ1) is 67.6. The van der Waals surface area contributed by atoms with Crippen LogP contribution in [0, 0.1) is 67.4 Å². The van der Waals surface area contributed by atoms with Crippen molar-refractivity contribution in [1.29, 1.82) is 0 Å². The second-order valence-electron chi connectivity index (χ2n) is 43.4. The second kappa shape index (κ2) is 42.6. The zero-order valence-electron chi connectivity index (χ0n) is 84.7. The minimum Gasteiger partial charge on any atom is -0.493 e.